The monoisotopic (exact) mass is 815 g/mol. The highest BCUT2D eigenvalue weighted by Gasteiger charge is 2.42. The summed E-state index contributed by atoms with van der Waals surface area (Å²) in [6.45, 7) is 9.59. The molecule has 1 aliphatic heterocycles. The Hall–Kier alpha value is -5.64. The van der Waals surface area contributed by atoms with Crippen molar-refractivity contribution in [2.24, 2.45) is 0 Å². The van der Waals surface area contributed by atoms with Crippen LogP contribution in [0.25, 0.3) is 33.1 Å². The van der Waals surface area contributed by atoms with Gasteiger partial charge in [0.2, 0.25) is 0 Å². The van der Waals surface area contributed by atoms with Crippen molar-refractivity contribution in [3.8, 4) is 11.1 Å². The highest BCUT2D eigenvalue weighted by Crippen LogP contribution is 2.55. The number of para-hydroxylation sites is 3. The van der Waals surface area contributed by atoms with E-state index in [1.165, 1.54) is 54.7 Å². The summed E-state index contributed by atoms with van der Waals surface area (Å²) in [4.78, 5) is 4.99. The van der Waals surface area contributed by atoms with E-state index in [2.05, 4.69) is 209 Å². The van der Waals surface area contributed by atoms with Crippen molar-refractivity contribution in [1.29, 1.82) is 0 Å². The molecule has 1 aliphatic carbocycles. The van der Waals surface area contributed by atoms with Gasteiger partial charge in [-0.05, 0) is 105 Å². The van der Waals surface area contributed by atoms with E-state index >= 15 is 0 Å². The first kappa shape index (κ1) is 36.4. The van der Waals surface area contributed by atoms with Crippen LogP contribution in [0.4, 0.5) is 17.1 Å². The van der Waals surface area contributed by atoms with Crippen LogP contribution in [0.5, 0.6) is 0 Å². The minimum Gasteiger partial charge on any atom is -0.455 e. The maximum atomic E-state index is 7.00. The van der Waals surface area contributed by atoms with Crippen molar-refractivity contribution in [2.75, 3.05) is 4.90 Å². The molecule has 0 saturated carbocycles. The predicted octanol–water partition coefficient (Wildman–Crippen LogP) is 13.9. The Kier molecular flexibility index (Phi) is 8.30. The van der Waals surface area contributed by atoms with Crippen LogP contribution in [0, 0.1) is 0 Å². The zero-order chi connectivity index (χ0) is 40.1. The summed E-state index contributed by atoms with van der Waals surface area (Å²) in [5.41, 5.74) is 12.7. The number of anilines is 3. The minimum atomic E-state index is -2.56. The molecule has 8 aromatic carbocycles. The van der Waals surface area contributed by atoms with Crippen molar-refractivity contribution < 1.29 is 4.42 Å². The van der Waals surface area contributed by atoms with Gasteiger partial charge in [0.1, 0.15) is 11.2 Å². The quantitative estimate of drug-likeness (QED) is 0.161. The van der Waals surface area contributed by atoms with Crippen LogP contribution in [0.15, 0.2) is 196 Å². The second-order valence-electron chi connectivity index (χ2n) is 16.9. The van der Waals surface area contributed by atoms with Gasteiger partial charge in [0.15, 0.2) is 0 Å². The Morgan fingerprint density at radius 2 is 1.03 bits per heavy atom. The number of fused-ring (bicyclic) bond motifs is 7. The molecule has 59 heavy (non-hydrogen) atoms. The molecule has 0 fully saturated rings. The zero-order valence-electron chi connectivity index (χ0n) is 33.4. The second-order valence-corrected chi connectivity index (χ2v) is 22.3. The van der Waals surface area contributed by atoms with Gasteiger partial charge in [0.25, 0.3) is 0 Å². The summed E-state index contributed by atoms with van der Waals surface area (Å²) in [6.07, 6.45) is 0. The van der Waals surface area contributed by atoms with Gasteiger partial charge in [-0.15, -0.1) is 0 Å². The number of furan rings is 1. The molecule has 0 N–H and O–H groups in total. The molecule has 1 aromatic heterocycles. The lowest BCUT2D eigenvalue weighted by Gasteiger charge is -2.45. The Balaban J connectivity index is 1.09. The fourth-order valence-electron chi connectivity index (χ4n) is 9.70. The molecule has 0 atom stereocenters. The van der Waals surface area contributed by atoms with Crippen molar-refractivity contribution >= 4 is 84.5 Å². The second kappa shape index (κ2) is 13.4. The fraction of sp³-hybridized carbons (Fsp3) is 0.111. The van der Waals surface area contributed by atoms with E-state index in [0.717, 1.165) is 43.4 Å². The van der Waals surface area contributed by atoms with Crippen molar-refractivity contribution in [2.45, 2.75) is 48.3 Å². The molecule has 0 radical (unpaired) electrons. The first-order valence-corrected chi connectivity index (χ1v) is 23.9. The van der Waals surface area contributed by atoms with Crippen LogP contribution in [-0.2, 0) is 22.6 Å². The third-order valence-electron chi connectivity index (χ3n) is 12.8. The van der Waals surface area contributed by atoms with E-state index in [9.17, 15) is 0 Å². The molecule has 0 amide bonds. The van der Waals surface area contributed by atoms with E-state index < -0.39 is 6.04 Å². The standard InChI is InChI=1S/C54H42NOPS2/c1-53(2)43-30-28-37(55-46-22-12-15-25-50(46)59-51-26-16-13-23-47(51)55)34-45(43)54(3,4)42-29-27-35(32-44(42)53)36-31-41-40-21-11-14-24-48(40)56-52(41)49(33-36)57(58,38-17-7-5-8-18-38)39-19-9-6-10-20-39/h5-34H,1-4H3. The smallest absolute Gasteiger partial charge is 0.144 e. The molecule has 0 bridgehead atoms. The normalized spacial score (nSPS) is 15.0. The fourth-order valence-corrected chi connectivity index (χ4v) is 14.7. The first-order chi connectivity index (χ1) is 28.6. The molecule has 0 unspecified atom stereocenters. The van der Waals surface area contributed by atoms with Gasteiger partial charge < -0.3 is 9.32 Å². The largest absolute Gasteiger partial charge is 0.455 e. The van der Waals surface area contributed by atoms with Crippen LogP contribution in [0.1, 0.15) is 49.9 Å². The summed E-state index contributed by atoms with van der Waals surface area (Å²) in [7, 11) is 0. The zero-order valence-corrected chi connectivity index (χ0v) is 36.0. The Morgan fingerprint density at radius 3 is 1.68 bits per heavy atom. The molecular formula is C54H42NOPS2. The van der Waals surface area contributed by atoms with Crippen LogP contribution >= 0.6 is 17.8 Å². The van der Waals surface area contributed by atoms with Gasteiger partial charge in [0, 0.05) is 48.4 Å². The lowest BCUT2D eigenvalue weighted by Crippen LogP contribution is -2.36. The summed E-state index contributed by atoms with van der Waals surface area (Å²) < 4.78 is 6.80. The Labute approximate surface area is 355 Å². The number of hydrogen-bond acceptors (Lipinski definition) is 4. The summed E-state index contributed by atoms with van der Waals surface area (Å²) in [5.74, 6) is 0. The van der Waals surface area contributed by atoms with Gasteiger partial charge >= 0.3 is 0 Å². The van der Waals surface area contributed by atoms with Crippen molar-refractivity contribution in [3.63, 3.8) is 0 Å². The van der Waals surface area contributed by atoms with E-state index in [0.29, 0.717) is 0 Å². The van der Waals surface area contributed by atoms with E-state index in [-0.39, 0.29) is 10.8 Å². The molecule has 2 aliphatic rings. The van der Waals surface area contributed by atoms with E-state index in [1.54, 1.807) is 0 Å². The van der Waals surface area contributed by atoms with Gasteiger partial charge in [-0.3, -0.25) is 0 Å². The topological polar surface area (TPSA) is 16.4 Å². The molecule has 2 heterocycles. The summed E-state index contributed by atoms with van der Waals surface area (Å²) in [6, 6.07) is 63.8. The molecule has 286 valence electrons. The minimum absolute atomic E-state index is 0.240. The molecule has 2 nitrogen and oxygen atoms in total. The lowest BCUT2D eigenvalue weighted by atomic mass is 9.59. The van der Waals surface area contributed by atoms with E-state index in [4.69, 9.17) is 16.2 Å². The SMILES string of the molecule is CC1(C)c2ccc(N3c4ccccc4Sc4ccccc43)cc2C(C)(C)c2ccc(-c3cc(P(=S)(c4ccccc4)c4ccccc4)c4oc5ccccc5c4c3)cc21. The third-order valence-corrected chi connectivity index (χ3v) is 18.8. The van der Waals surface area contributed by atoms with Crippen LogP contribution in [0.3, 0.4) is 0 Å². The van der Waals surface area contributed by atoms with Gasteiger partial charge in [-0.1, -0.05) is 173 Å². The molecule has 9 aromatic rings. The third kappa shape index (κ3) is 5.50. The molecule has 0 spiro atoms. The maximum absolute atomic E-state index is 7.00. The summed E-state index contributed by atoms with van der Waals surface area (Å²) >= 11 is 8.85. The van der Waals surface area contributed by atoms with Gasteiger partial charge in [-0.25, -0.2) is 0 Å². The lowest BCUT2D eigenvalue weighted by molar-refractivity contribution is 0.521. The highest BCUT2D eigenvalue weighted by molar-refractivity contribution is 8.25. The van der Waals surface area contributed by atoms with Crippen LogP contribution < -0.4 is 20.8 Å². The Morgan fingerprint density at radius 1 is 0.492 bits per heavy atom. The van der Waals surface area contributed by atoms with Gasteiger partial charge in [0.05, 0.1) is 11.4 Å². The average molecular weight is 816 g/mol. The predicted molar refractivity (Wildman–Crippen MR) is 255 cm³/mol. The maximum Gasteiger partial charge on any atom is 0.144 e. The number of benzene rings is 8. The summed E-state index contributed by atoms with van der Waals surface area (Å²) in [5, 5.41) is 5.60. The van der Waals surface area contributed by atoms with Crippen LogP contribution in [-0.4, -0.2) is 0 Å². The first-order valence-electron chi connectivity index (χ1n) is 20.3. The van der Waals surface area contributed by atoms with Crippen molar-refractivity contribution in [1.82, 2.24) is 0 Å². The van der Waals surface area contributed by atoms with Crippen molar-refractivity contribution in [3.05, 3.63) is 204 Å². The average Bonchev–Trinajstić information content (AvgIpc) is 3.66. The Bertz CT molecular complexity index is 3090. The number of hydrogen-bond donors (Lipinski definition) is 0. The van der Waals surface area contributed by atoms with Gasteiger partial charge in [-0.2, -0.15) is 0 Å². The molecule has 5 heteroatoms. The molecule has 0 saturated heterocycles. The molecule has 11 rings (SSSR count). The number of rotatable bonds is 5. The van der Waals surface area contributed by atoms with E-state index in [1.807, 2.05) is 17.8 Å². The highest BCUT2D eigenvalue weighted by atomic mass is 32.4. The molecular weight excluding hydrogens is 774 g/mol. The number of nitrogens with zero attached hydrogens (tertiary/aromatic N) is 1. The van der Waals surface area contributed by atoms with Crippen LogP contribution in [0.2, 0.25) is 0 Å².